The number of hydrogen-bond donors (Lipinski definition) is 0. The van der Waals surface area contributed by atoms with Crippen LogP contribution in [-0.4, -0.2) is 21.0 Å². The van der Waals surface area contributed by atoms with Crippen LogP contribution in [0.1, 0.15) is 22.8 Å². The Bertz CT molecular complexity index is 3200. The van der Waals surface area contributed by atoms with Crippen LogP contribution in [0.5, 0.6) is 0 Å². The highest BCUT2D eigenvalue weighted by Crippen LogP contribution is 2.53. The standard InChI is InChI=1S/C57H38N4O/c1-4-14-37(15-5-1)41-18-12-20-44(34-41)56-58-55(59-57(60-56)45-21-13-19-42(35-45)38-16-6-2-7-17-38)40-28-26-39(27-29-40)43-30-32-51-48(36-43)54-52(62-51)33-31-50-53(54)47-24-10-11-25-49(47)61(50)46-22-8-3-9-23-46/h1-36,50,53H. The highest BCUT2D eigenvalue weighted by Gasteiger charge is 2.43. The Kier molecular flexibility index (Phi) is 8.56. The molecule has 0 N–H and O–H groups in total. The number of furan rings is 1. The van der Waals surface area contributed by atoms with Crippen LogP contribution in [0, 0.1) is 0 Å². The first-order chi connectivity index (χ1) is 30.7. The minimum absolute atomic E-state index is 0.138. The summed E-state index contributed by atoms with van der Waals surface area (Å²) < 4.78 is 6.55. The zero-order valence-electron chi connectivity index (χ0n) is 33.6. The molecular weight excluding hydrogens is 757 g/mol. The Labute approximate surface area is 360 Å². The van der Waals surface area contributed by atoms with Crippen molar-refractivity contribution in [2.75, 3.05) is 4.90 Å². The SMILES string of the molecule is C1=CC2C(c3ccccc3N2c2ccccc2)c2c1oc1ccc(-c3ccc(-c4nc(-c5cccc(-c6ccccc6)c5)nc(-c5cccc(-c6ccccc6)c5)n4)cc3)cc21. The lowest BCUT2D eigenvalue weighted by atomic mass is 9.82. The Balaban J connectivity index is 0.928. The molecule has 0 spiro atoms. The van der Waals surface area contributed by atoms with Crippen molar-refractivity contribution in [1.29, 1.82) is 0 Å². The van der Waals surface area contributed by atoms with Gasteiger partial charge in [-0.1, -0.05) is 170 Å². The van der Waals surface area contributed by atoms with Gasteiger partial charge in [0.05, 0.1) is 6.04 Å². The van der Waals surface area contributed by atoms with Crippen LogP contribution >= 0.6 is 0 Å². The topological polar surface area (TPSA) is 55.1 Å². The summed E-state index contributed by atoms with van der Waals surface area (Å²) in [5.41, 5.74) is 15.4. The van der Waals surface area contributed by atoms with Gasteiger partial charge in [0, 0.05) is 44.9 Å². The maximum Gasteiger partial charge on any atom is 0.164 e. The predicted octanol–water partition coefficient (Wildman–Crippen LogP) is 14.3. The Hall–Kier alpha value is -8.15. The van der Waals surface area contributed by atoms with Gasteiger partial charge in [0.15, 0.2) is 17.5 Å². The Morgan fingerprint density at radius 3 is 1.53 bits per heavy atom. The maximum atomic E-state index is 6.55. The third-order valence-electron chi connectivity index (χ3n) is 12.3. The molecule has 1 aliphatic heterocycles. The van der Waals surface area contributed by atoms with Crippen molar-refractivity contribution >= 4 is 28.4 Å². The average molecular weight is 795 g/mol. The molecule has 2 aliphatic rings. The zero-order valence-corrected chi connectivity index (χ0v) is 33.6. The van der Waals surface area contributed by atoms with Gasteiger partial charge < -0.3 is 9.32 Å². The molecule has 0 amide bonds. The molecule has 3 heterocycles. The Morgan fingerprint density at radius 2 is 0.887 bits per heavy atom. The molecule has 292 valence electrons. The summed E-state index contributed by atoms with van der Waals surface area (Å²) >= 11 is 0. The summed E-state index contributed by atoms with van der Waals surface area (Å²) in [6.45, 7) is 0. The molecule has 2 aromatic heterocycles. The minimum Gasteiger partial charge on any atom is -0.456 e. The highest BCUT2D eigenvalue weighted by atomic mass is 16.3. The molecule has 5 nitrogen and oxygen atoms in total. The number of hydrogen-bond acceptors (Lipinski definition) is 5. The Morgan fingerprint density at radius 1 is 0.403 bits per heavy atom. The van der Waals surface area contributed by atoms with Gasteiger partial charge in [-0.3, -0.25) is 0 Å². The predicted molar refractivity (Wildman–Crippen MR) is 252 cm³/mol. The number of benzene rings is 8. The normalized spacial score (nSPS) is 15.0. The minimum atomic E-state index is 0.138. The molecule has 0 radical (unpaired) electrons. The number of para-hydroxylation sites is 2. The van der Waals surface area contributed by atoms with E-state index in [0.29, 0.717) is 17.5 Å². The fraction of sp³-hybridized carbons (Fsp3) is 0.0351. The van der Waals surface area contributed by atoms with Gasteiger partial charge in [0.25, 0.3) is 0 Å². The second-order valence-electron chi connectivity index (χ2n) is 16.0. The third kappa shape index (κ3) is 6.22. The number of anilines is 2. The molecule has 8 aromatic carbocycles. The van der Waals surface area contributed by atoms with Crippen molar-refractivity contribution in [2.45, 2.75) is 12.0 Å². The molecule has 5 heteroatoms. The quantitative estimate of drug-likeness (QED) is 0.161. The second kappa shape index (κ2) is 14.8. The largest absolute Gasteiger partial charge is 0.456 e. The van der Waals surface area contributed by atoms with Crippen LogP contribution in [0.2, 0.25) is 0 Å². The first-order valence-corrected chi connectivity index (χ1v) is 21.1. The molecule has 12 rings (SSSR count). The van der Waals surface area contributed by atoms with Gasteiger partial charge in [0.1, 0.15) is 11.3 Å². The van der Waals surface area contributed by atoms with Gasteiger partial charge in [-0.25, -0.2) is 15.0 Å². The fourth-order valence-corrected chi connectivity index (χ4v) is 9.34. The van der Waals surface area contributed by atoms with Crippen molar-refractivity contribution < 1.29 is 4.42 Å². The maximum absolute atomic E-state index is 6.55. The zero-order chi connectivity index (χ0) is 41.0. The van der Waals surface area contributed by atoms with Crippen LogP contribution < -0.4 is 4.90 Å². The van der Waals surface area contributed by atoms with E-state index in [4.69, 9.17) is 19.4 Å². The summed E-state index contributed by atoms with van der Waals surface area (Å²) in [7, 11) is 0. The van der Waals surface area contributed by atoms with E-state index in [1.54, 1.807) is 0 Å². The number of nitrogens with zero attached hydrogens (tertiary/aromatic N) is 4. The molecule has 0 saturated heterocycles. The molecular formula is C57H38N4O. The van der Waals surface area contributed by atoms with E-state index in [1.807, 2.05) is 12.1 Å². The third-order valence-corrected chi connectivity index (χ3v) is 12.3. The molecule has 0 saturated carbocycles. The summed E-state index contributed by atoms with van der Waals surface area (Å²) in [6, 6.07) is 72.5. The van der Waals surface area contributed by atoms with Crippen molar-refractivity contribution in [3.63, 3.8) is 0 Å². The van der Waals surface area contributed by atoms with Crippen molar-refractivity contribution in [3.05, 3.63) is 229 Å². The van der Waals surface area contributed by atoms with E-state index in [9.17, 15) is 0 Å². The summed E-state index contributed by atoms with van der Waals surface area (Å²) in [5.74, 6) is 2.94. The number of fused-ring (bicyclic) bond motifs is 7. The average Bonchev–Trinajstić information content (AvgIpc) is 3.90. The number of rotatable bonds is 7. The van der Waals surface area contributed by atoms with Crippen LogP contribution in [-0.2, 0) is 0 Å². The van der Waals surface area contributed by atoms with Gasteiger partial charge in [-0.2, -0.15) is 0 Å². The van der Waals surface area contributed by atoms with Crippen molar-refractivity contribution in [2.24, 2.45) is 0 Å². The first kappa shape index (κ1) is 35.8. The number of aromatic nitrogens is 3. The summed E-state index contributed by atoms with van der Waals surface area (Å²) in [5, 5.41) is 1.15. The molecule has 2 unspecified atom stereocenters. The van der Waals surface area contributed by atoms with E-state index < -0.39 is 0 Å². The van der Waals surface area contributed by atoms with Crippen LogP contribution in [0.25, 0.3) is 84.6 Å². The molecule has 2 atom stereocenters. The lowest BCUT2D eigenvalue weighted by Gasteiger charge is -2.30. The fourth-order valence-electron chi connectivity index (χ4n) is 9.34. The lowest BCUT2D eigenvalue weighted by Crippen LogP contribution is -2.30. The van der Waals surface area contributed by atoms with Crippen molar-refractivity contribution in [1.82, 2.24) is 15.0 Å². The van der Waals surface area contributed by atoms with Gasteiger partial charge in [-0.05, 0) is 87.5 Å². The van der Waals surface area contributed by atoms with Gasteiger partial charge in [0.2, 0.25) is 0 Å². The molecule has 1 aliphatic carbocycles. The summed E-state index contributed by atoms with van der Waals surface area (Å²) in [6.07, 6.45) is 4.47. The smallest absolute Gasteiger partial charge is 0.164 e. The molecule has 62 heavy (non-hydrogen) atoms. The molecule has 0 bridgehead atoms. The van der Waals surface area contributed by atoms with E-state index in [2.05, 4.69) is 211 Å². The van der Waals surface area contributed by atoms with Gasteiger partial charge >= 0.3 is 0 Å². The highest BCUT2D eigenvalue weighted by molar-refractivity contribution is 5.93. The molecule has 10 aromatic rings. The van der Waals surface area contributed by atoms with Crippen LogP contribution in [0.15, 0.2) is 217 Å². The first-order valence-electron chi connectivity index (χ1n) is 21.1. The monoisotopic (exact) mass is 794 g/mol. The van der Waals surface area contributed by atoms with Crippen molar-refractivity contribution in [3.8, 4) is 67.5 Å². The second-order valence-corrected chi connectivity index (χ2v) is 16.0. The van der Waals surface area contributed by atoms with Gasteiger partial charge in [-0.15, -0.1) is 0 Å². The van der Waals surface area contributed by atoms with E-state index in [-0.39, 0.29) is 12.0 Å². The van der Waals surface area contributed by atoms with E-state index in [0.717, 1.165) is 66.8 Å². The van der Waals surface area contributed by atoms with Crippen LogP contribution in [0.3, 0.4) is 0 Å². The molecule has 0 fully saturated rings. The van der Waals surface area contributed by atoms with Crippen LogP contribution in [0.4, 0.5) is 11.4 Å². The van der Waals surface area contributed by atoms with E-state index >= 15 is 0 Å². The lowest BCUT2D eigenvalue weighted by molar-refractivity contribution is 0.584. The van der Waals surface area contributed by atoms with E-state index in [1.165, 1.54) is 22.5 Å². The summed E-state index contributed by atoms with van der Waals surface area (Å²) in [4.78, 5) is 17.8.